The molecule has 0 amide bonds. The normalized spacial score (nSPS) is 15.1. The molecule has 0 aliphatic carbocycles. The highest BCUT2D eigenvalue weighted by atomic mass is 32.2. The SMILES string of the molecule is CC(C)NCC(O)CS(=O)(=O)O. The summed E-state index contributed by atoms with van der Waals surface area (Å²) in [4.78, 5) is 0. The molecule has 0 radical (unpaired) electrons. The van der Waals surface area contributed by atoms with Crippen LogP contribution in [0.4, 0.5) is 0 Å². The molecule has 74 valence electrons. The zero-order chi connectivity index (χ0) is 9.78. The molecule has 0 saturated heterocycles. The van der Waals surface area contributed by atoms with Crippen molar-refractivity contribution in [3.05, 3.63) is 0 Å². The van der Waals surface area contributed by atoms with Crippen molar-refractivity contribution in [3.63, 3.8) is 0 Å². The maximum absolute atomic E-state index is 10.3. The number of aliphatic hydroxyl groups is 1. The Morgan fingerprint density at radius 2 is 1.92 bits per heavy atom. The average Bonchev–Trinajstić information content (AvgIpc) is 1.79. The summed E-state index contributed by atoms with van der Waals surface area (Å²) < 4.78 is 28.8. The fourth-order valence-corrected chi connectivity index (χ4v) is 1.28. The Bertz CT molecular complexity index is 212. The highest BCUT2D eigenvalue weighted by Gasteiger charge is 2.13. The number of nitrogens with one attached hydrogen (secondary N) is 1. The van der Waals surface area contributed by atoms with Gasteiger partial charge in [-0.25, -0.2) is 0 Å². The highest BCUT2D eigenvalue weighted by Crippen LogP contribution is 1.89. The predicted octanol–water partition coefficient (Wildman–Crippen LogP) is -0.767. The van der Waals surface area contributed by atoms with Gasteiger partial charge in [0.15, 0.2) is 0 Å². The van der Waals surface area contributed by atoms with Gasteiger partial charge in [-0.05, 0) is 0 Å². The second kappa shape index (κ2) is 4.76. The van der Waals surface area contributed by atoms with E-state index >= 15 is 0 Å². The standard InChI is InChI=1S/C6H15NO4S/c1-5(2)7-3-6(8)4-12(9,10)11/h5-8H,3-4H2,1-2H3,(H,9,10,11). The molecular formula is C6H15NO4S. The lowest BCUT2D eigenvalue weighted by molar-refractivity contribution is 0.188. The molecule has 0 bridgehead atoms. The molecule has 0 saturated carbocycles. The quantitative estimate of drug-likeness (QED) is 0.504. The number of hydrogen-bond donors (Lipinski definition) is 3. The van der Waals surface area contributed by atoms with Crippen LogP contribution in [0.5, 0.6) is 0 Å². The van der Waals surface area contributed by atoms with Crippen LogP contribution in [0.25, 0.3) is 0 Å². The van der Waals surface area contributed by atoms with Gasteiger partial charge in [-0.15, -0.1) is 0 Å². The van der Waals surface area contributed by atoms with Gasteiger partial charge in [0.05, 0.1) is 6.10 Å². The Labute approximate surface area is 72.5 Å². The Morgan fingerprint density at radius 3 is 2.25 bits per heavy atom. The molecule has 5 nitrogen and oxygen atoms in total. The molecule has 0 aromatic carbocycles. The van der Waals surface area contributed by atoms with Crippen LogP contribution in [0.1, 0.15) is 13.8 Å². The van der Waals surface area contributed by atoms with Gasteiger partial charge in [-0.3, -0.25) is 4.55 Å². The molecular weight excluding hydrogens is 182 g/mol. The van der Waals surface area contributed by atoms with Crippen LogP contribution in [-0.4, -0.2) is 42.5 Å². The van der Waals surface area contributed by atoms with E-state index in [0.717, 1.165) is 0 Å². The smallest absolute Gasteiger partial charge is 0.267 e. The summed E-state index contributed by atoms with van der Waals surface area (Å²) in [6.07, 6.45) is -1.05. The molecule has 6 heteroatoms. The average molecular weight is 197 g/mol. The molecule has 0 heterocycles. The third-order valence-electron chi connectivity index (χ3n) is 1.16. The third-order valence-corrected chi connectivity index (χ3v) is 1.97. The van der Waals surface area contributed by atoms with Gasteiger partial charge in [0.25, 0.3) is 10.1 Å². The second-order valence-electron chi connectivity index (χ2n) is 2.97. The molecule has 12 heavy (non-hydrogen) atoms. The maximum Gasteiger partial charge on any atom is 0.267 e. The van der Waals surface area contributed by atoms with Gasteiger partial charge in [0, 0.05) is 12.6 Å². The summed E-state index contributed by atoms with van der Waals surface area (Å²) >= 11 is 0. The van der Waals surface area contributed by atoms with Crippen LogP contribution in [0.15, 0.2) is 0 Å². The minimum absolute atomic E-state index is 0.164. The molecule has 0 aliphatic heterocycles. The Hall–Kier alpha value is -0.170. The molecule has 0 aromatic heterocycles. The van der Waals surface area contributed by atoms with Gasteiger partial charge in [0.2, 0.25) is 0 Å². The van der Waals surface area contributed by atoms with Crippen LogP contribution < -0.4 is 5.32 Å². The summed E-state index contributed by atoms with van der Waals surface area (Å²) in [6.45, 7) is 3.91. The van der Waals surface area contributed by atoms with Crippen LogP contribution in [-0.2, 0) is 10.1 Å². The zero-order valence-electron chi connectivity index (χ0n) is 7.19. The van der Waals surface area contributed by atoms with E-state index in [0.29, 0.717) is 0 Å². The Morgan fingerprint density at radius 1 is 1.42 bits per heavy atom. The minimum atomic E-state index is -4.06. The maximum atomic E-state index is 10.3. The summed E-state index contributed by atoms with van der Waals surface area (Å²) in [7, 11) is -4.06. The summed E-state index contributed by atoms with van der Waals surface area (Å²) in [5.41, 5.74) is 0. The van der Waals surface area contributed by atoms with Crippen molar-refractivity contribution in [1.29, 1.82) is 0 Å². The van der Waals surface area contributed by atoms with Gasteiger partial charge in [-0.1, -0.05) is 13.8 Å². The van der Waals surface area contributed by atoms with E-state index in [1.54, 1.807) is 0 Å². The van der Waals surface area contributed by atoms with E-state index < -0.39 is 22.0 Å². The van der Waals surface area contributed by atoms with E-state index in [1.165, 1.54) is 0 Å². The van der Waals surface area contributed by atoms with E-state index in [-0.39, 0.29) is 12.6 Å². The third kappa shape index (κ3) is 7.93. The Kier molecular flexibility index (Phi) is 4.69. The van der Waals surface area contributed by atoms with Crippen LogP contribution >= 0.6 is 0 Å². The first kappa shape index (κ1) is 11.8. The molecule has 0 fully saturated rings. The molecule has 3 N–H and O–H groups in total. The van der Waals surface area contributed by atoms with Crippen molar-refractivity contribution in [3.8, 4) is 0 Å². The van der Waals surface area contributed by atoms with Crippen molar-refractivity contribution >= 4 is 10.1 Å². The summed E-state index contributed by atoms with van der Waals surface area (Å²) in [6, 6.07) is 0.182. The zero-order valence-corrected chi connectivity index (χ0v) is 8.00. The lowest BCUT2D eigenvalue weighted by atomic mass is 10.3. The topological polar surface area (TPSA) is 86.6 Å². The summed E-state index contributed by atoms with van der Waals surface area (Å²) in [5, 5.41) is 11.9. The van der Waals surface area contributed by atoms with Crippen molar-refractivity contribution in [2.45, 2.75) is 26.0 Å². The van der Waals surface area contributed by atoms with E-state index in [1.807, 2.05) is 13.8 Å². The molecule has 0 rings (SSSR count). The molecule has 0 aliphatic rings. The first-order valence-corrected chi connectivity index (χ1v) is 5.29. The van der Waals surface area contributed by atoms with Crippen molar-refractivity contribution in [2.75, 3.05) is 12.3 Å². The van der Waals surface area contributed by atoms with Gasteiger partial charge < -0.3 is 10.4 Å². The largest absolute Gasteiger partial charge is 0.391 e. The van der Waals surface area contributed by atoms with E-state index in [2.05, 4.69) is 5.32 Å². The molecule has 1 atom stereocenters. The first-order chi connectivity index (χ1) is 5.31. The number of rotatable bonds is 5. The van der Waals surface area contributed by atoms with Crippen molar-refractivity contribution < 1.29 is 18.1 Å². The molecule has 1 unspecified atom stereocenters. The monoisotopic (exact) mass is 197 g/mol. The van der Waals surface area contributed by atoms with Gasteiger partial charge >= 0.3 is 0 Å². The van der Waals surface area contributed by atoms with Crippen LogP contribution in [0, 0.1) is 0 Å². The van der Waals surface area contributed by atoms with Crippen molar-refractivity contribution in [2.24, 2.45) is 0 Å². The number of aliphatic hydroxyl groups excluding tert-OH is 1. The Balaban J connectivity index is 3.68. The molecule has 0 spiro atoms. The van der Waals surface area contributed by atoms with E-state index in [4.69, 9.17) is 9.66 Å². The highest BCUT2D eigenvalue weighted by molar-refractivity contribution is 7.85. The van der Waals surface area contributed by atoms with Crippen LogP contribution in [0.3, 0.4) is 0 Å². The second-order valence-corrected chi connectivity index (χ2v) is 4.46. The fourth-order valence-electron chi connectivity index (χ4n) is 0.674. The van der Waals surface area contributed by atoms with Gasteiger partial charge in [0.1, 0.15) is 5.75 Å². The van der Waals surface area contributed by atoms with Gasteiger partial charge in [-0.2, -0.15) is 8.42 Å². The van der Waals surface area contributed by atoms with E-state index in [9.17, 15) is 8.42 Å². The minimum Gasteiger partial charge on any atom is -0.391 e. The lowest BCUT2D eigenvalue weighted by Gasteiger charge is -2.12. The fraction of sp³-hybridized carbons (Fsp3) is 1.00. The van der Waals surface area contributed by atoms with Crippen molar-refractivity contribution in [1.82, 2.24) is 5.32 Å². The lowest BCUT2D eigenvalue weighted by Crippen LogP contribution is -2.35. The predicted molar refractivity (Wildman–Crippen MR) is 45.6 cm³/mol. The first-order valence-electron chi connectivity index (χ1n) is 3.68. The number of hydrogen-bond acceptors (Lipinski definition) is 4. The van der Waals surface area contributed by atoms with Crippen LogP contribution in [0.2, 0.25) is 0 Å². The molecule has 0 aromatic rings. The summed E-state index contributed by atoms with van der Waals surface area (Å²) in [5.74, 6) is -0.618.